The third kappa shape index (κ3) is 13.0. The molecule has 2 heterocycles. The van der Waals surface area contributed by atoms with Crippen LogP contribution < -0.4 is 4.74 Å². The Kier molecular flexibility index (Phi) is 18.8. The Labute approximate surface area is 206 Å². The van der Waals surface area contributed by atoms with E-state index in [0.717, 1.165) is 56.5 Å². The molecule has 0 spiro atoms. The minimum absolute atomic E-state index is 0.286. The van der Waals surface area contributed by atoms with E-state index in [0.29, 0.717) is 23.6 Å². The molecule has 0 radical (unpaired) electrons. The quantitative estimate of drug-likeness (QED) is 0.168. The van der Waals surface area contributed by atoms with Gasteiger partial charge in [-0.3, -0.25) is 4.48 Å². The van der Waals surface area contributed by atoms with Gasteiger partial charge < -0.3 is 14.2 Å². The topological polar surface area (TPSA) is 70.5 Å². The number of rotatable bonds is 13. The molecule has 0 bridgehead atoms. The molecule has 0 saturated heterocycles. The van der Waals surface area contributed by atoms with Crippen molar-refractivity contribution in [3.05, 3.63) is 11.8 Å². The lowest BCUT2D eigenvalue weighted by Crippen LogP contribution is -2.49. The summed E-state index contributed by atoms with van der Waals surface area (Å²) < 4.78 is 25.8. The van der Waals surface area contributed by atoms with E-state index in [1.54, 1.807) is 0 Å². The van der Waals surface area contributed by atoms with E-state index in [9.17, 15) is 4.79 Å². The number of carbonyl (C=O) groups excluding carboxylic acids is 1. The lowest BCUT2D eigenvalue weighted by Gasteiger charge is -2.36. The van der Waals surface area contributed by atoms with Crippen molar-refractivity contribution in [1.82, 2.24) is 8.75 Å². The van der Waals surface area contributed by atoms with E-state index < -0.39 is 6.16 Å². The molecule has 0 aliphatic carbocycles. The molecule has 0 fully saturated rings. The normalized spacial score (nSPS) is 17.0. The summed E-state index contributed by atoms with van der Waals surface area (Å²) in [6.07, 6.45) is 10.2. The summed E-state index contributed by atoms with van der Waals surface area (Å²) >= 11 is 1.18. The van der Waals surface area contributed by atoms with E-state index in [-0.39, 0.29) is 6.73 Å². The Morgan fingerprint density at radius 3 is 2.33 bits per heavy atom. The Morgan fingerprint density at radius 2 is 1.64 bits per heavy atom. The maximum Gasteiger partial charge on any atom is 0.512 e. The molecule has 33 heavy (non-hydrogen) atoms. The zero-order valence-electron chi connectivity index (χ0n) is 22.2. The van der Waals surface area contributed by atoms with Crippen molar-refractivity contribution in [3.8, 4) is 5.88 Å². The molecular weight excluding hydrogens is 438 g/mol. The van der Waals surface area contributed by atoms with E-state index in [4.69, 9.17) is 14.2 Å². The monoisotopic (exact) mass is 486 g/mol. The predicted octanol–water partition coefficient (Wildman–Crippen LogP) is 7.08. The minimum Gasteiger partial charge on any atom is -0.475 e. The molecule has 0 N–H and O–H groups in total. The van der Waals surface area contributed by atoms with Crippen molar-refractivity contribution in [2.24, 2.45) is 0 Å². The molecule has 192 valence electrons. The fraction of sp³-hybridized carbons (Fsp3) is 0.800. The van der Waals surface area contributed by atoms with E-state index in [2.05, 4.69) is 35.7 Å². The van der Waals surface area contributed by atoms with Crippen LogP contribution in [0.1, 0.15) is 98.6 Å². The van der Waals surface area contributed by atoms with Crippen LogP contribution in [0.4, 0.5) is 4.79 Å². The molecule has 1 aromatic heterocycles. The molecule has 1 aliphatic rings. The average molecular weight is 487 g/mol. The van der Waals surface area contributed by atoms with Crippen molar-refractivity contribution in [2.45, 2.75) is 92.9 Å². The van der Waals surface area contributed by atoms with Gasteiger partial charge in [-0.2, -0.15) is 4.37 Å². The standard InChI is InChI=1S/C21H36N3O4S.2C2H6/c1-4-6-8-10-14-26-20-19(22-29-23-20)18-12-11-13-24(3,16-18)17-28-21(25)27-15-9-7-5-2;2*1-2/h12H,4-11,13-17H2,1-3H3;2*1-2H3/q+1;;. The number of carbonyl (C=O) groups is 1. The van der Waals surface area contributed by atoms with E-state index in [1.807, 2.05) is 27.7 Å². The first-order valence-corrected chi connectivity index (χ1v) is 13.6. The Hall–Kier alpha value is -1.67. The van der Waals surface area contributed by atoms with Gasteiger partial charge in [0.15, 0.2) is 0 Å². The number of aromatic nitrogens is 2. The largest absolute Gasteiger partial charge is 0.512 e. The van der Waals surface area contributed by atoms with Crippen molar-refractivity contribution in [2.75, 3.05) is 40.1 Å². The van der Waals surface area contributed by atoms with Gasteiger partial charge in [0.25, 0.3) is 5.88 Å². The highest BCUT2D eigenvalue weighted by Crippen LogP contribution is 2.30. The lowest BCUT2D eigenvalue weighted by atomic mass is 10.1. The fourth-order valence-corrected chi connectivity index (χ4v) is 3.84. The number of hydrogen-bond acceptors (Lipinski definition) is 7. The molecule has 2 rings (SSSR count). The number of likely N-dealkylation sites (N-methyl/N-ethyl adjacent to an activating group) is 1. The molecule has 1 atom stereocenters. The van der Waals surface area contributed by atoms with Gasteiger partial charge in [-0.1, -0.05) is 79.7 Å². The summed E-state index contributed by atoms with van der Waals surface area (Å²) in [6.45, 7) is 15.3. The SMILES string of the molecule is CC.CC.CCCCCCOc1nsnc1C1=CCC[N+](C)(COC(=O)OCCCCC)C1. The summed E-state index contributed by atoms with van der Waals surface area (Å²) in [5.41, 5.74) is 1.94. The second kappa shape index (κ2) is 19.8. The van der Waals surface area contributed by atoms with Crippen LogP contribution >= 0.6 is 11.7 Å². The van der Waals surface area contributed by atoms with Crippen LogP contribution in [0, 0.1) is 0 Å². The highest BCUT2D eigenvalue weighted by molar-refractivity contribution is 6.99. The number of hydrogen-bond donors (Lipinski definition) is 0. The summed E-state index contributed by atoms with van der Waals surface area (Å²) in [5, 5.41) is 0. The molecule has 1 unspecified atom stereocenters. The van der Waals surface area contributed by atoms with Crippen molar-refractivity contribution in [3.63, 3.8) is 0 Å². The maximum absolute atomic E-state index is 11.8. The first kappa shape index (κ1) is 31.3. The predicted molar refractivity (Wildman–Crippen MR) is 138 cm³/mol. The van der Waals surface area contributed by atoms with Crippen LogP contribution in [0.15, 0.2) is 6.08 Å². The molecule has 0 aromatic carbocycles. The Morgan fingerprint density at radius 1 is 0.970 bits per heavy atom. The minimum atomic E-state index is -0.581. The number of unbranched alkanes of at least 4 members (excludes halogenated alkanes) is 5. The molecule has 1 aliphatic heterocycles. The first-order chi connectivity index (χ1) is 16.1. The Bertz CT molecular complexity index is 651. The number of quaternary nitrogens is 1. The third-order valence-corrected chi connectivity index (χ3v) is 5.58. The van der Waals surface area contributed by atoms with Gasteiger partial charge in [-0.25, -0.2) is 4.79 Å². The number of ether oxygens (including phenoxy) is 3. The molecule has 7 nitrogen and oxygen atoms in total. The lowest BCUT2D eigenvalue weighted by molar-refractivity contribution is -0.919. The van der Waals surface area contributed by atoms with Gasteiger partial charge in [0, 0.05) is 12.0 Å². The first-order valence-electron chi connectivity index (χ1n) is 12.9. The van der Waals surface area contributed by atoms with Gasteiger partial charge >= 0.3 is 6.16 Å². The molecule has 0 saturated carbocycles. The van der Waals surface area contributed by atoms with Gasteiger partial charge in [0.2, 0.25) is 6.73 Å². The van der Waals surface area contributed by atoms with Crippen LogP contribution in [0.25, 0.3) is 5.57 Å². The number of nitrogens with zero attached hydrogens (tertiary/aromatic N) is 3. The zero-order valence-corrected chi connectivity index (χ0v) is 23.0. The van der Waals surface area contributed by atoms with Gasteiger partial charge in [0.05, 0.1) is 38.5 Å². The molecule has 8 heteroatoms. The zero-order chi connectivity index (χ0) is 25.0. The van der Waals surface area contributed by atoms with Crippen molar-refractivity contribution < 1.29 is 23.5 Å². The Balaban J connectivity index is 0.00000242. The maximum atomic E-state index is 11.8. The highest BCUT2D eigenvalue weighted by Gasteiger charge is 2.31. The van der Waals surface area contributed by atoms with Gasteiger partial charge in [0.1, 0.15) is 12.2 Å². The summed E-state index contributed by atoms with van der Waals surface area (Å²) in [7, 11) is 2.09. The molecular formula is C25H48N3O4S+. The fourth-order valence-electron chi connectivity index (χ4n) is 3.31. The van der Waals surface area contributed by atoms with Crippen LogP contribution in [-0.2, 0) is 9.47 Å². The summed E-state index contributed by atoms with van der Waals surface area (Å²) in [6, 6.07) is 0. The second-order valence-electron chi connectivity index (χ2n) is 7.93. The van der Waals surface area contributed by atoms with Crippen LogP contribution in [0.3, 0.4) is 0 Å². The average Bonchev–Trinajstić information content (AvgIpc) is 3.32. The van der Waals surface area contributed by atoms with Crippen molar-refractivity contribution >= 4 is 23.5 Å². The smallest absolute Gasteiger partial charge is 0.475 e. The third-order valence-electron chi connectivity index (χ3n) is 5.07. The van der Waals surface area contributed by atoms with E-state index in [1.165, 1.54) is 31.0 Å². The van der Waals surface area contributed by atoms with Gasteiger partial charge in [-0.05, 0) is 12.8 Å². The van der Waals surface area contributed by atoms with Crippen LogP contribution in [-0.4, -0.2) is 59.5 Å². The highest BCUT2D eigenvalue weighted by atomic mass is 32.1. The van der Waals surface area contributed by atoms with Gasteiger partial charge in [-0.15, -0.1) is 4.37 Å². The van der Waals surface area contributed by atoms with E-state index >= 15 is 0 Å². The van der Waals surface area contributed by atoms with Crippen molar-refractivity contribution in [1.29, 1.82) is 0 Å². The van der Waals surface area contributed by atoms with Crippen LogP contribution in [0.5, 0.6) is 5.88 Å². The summed E-state index contributed by atoms with van der Waals surface area (Å²) in [5.74, 6) is 0.627. The second-order valence-corrected chi connectivity index (χ2v) is 8.45. The summed E-state index contributed by atoms with van der Waals surface area (Å²) in [4.78, 5) is 11.8. The molecule has 0 amide bonds. The molecule has 1 aromatic rings. The van der Waals surface area contributed by atoms with Crippen LogP contribution in [0.2, 0.25) is 0 Å².